The summed E-state index contributed by atoms with van der Waals surface area (Å²) in [6.45, 7) is 12.9. The largest absolute Gasteiger partial charge is 0.493 e. The molecule has 1 unspecified atom stereocenters. The minimum absolute atomic E-state index is 0. The van der Waals surface area contributed by atoms with Crippen molar-refractivity contribution in [2.24, 2.45) is 4.99 Å². The number of nitrogens with zero attached hydrogens (tertiary/aromatic N) is 2. The maximum Gasteiger partial charge on any atom is 0.191 e. The average molecular weight is 492 g/mol. The zero-order valence-corrected chi connectivity index (χ0v) is 20.0. The number of nitrogens with one attached hydrogen (secondary N) is 2. The summed E-state index contributed by atoms with van der Waals surface area (Å²) in [6, 6.07) is 6.43. The lowest BCUT2D eigenvalue weighted by Crippen LogP contribution is -2.41. The van der Waals surface area contributed by atoms with Gasteiger partial charge in [-0.05, 0) is 44.1 Å². The predicted molar refractivity (Wildman–Crippen MR) is 125 cm³/mol. The van der Waals surface area contributed by atoms with Crippen LogP contribution < -0.4 is 20.1 Å². The topological polar surface area (TPSA) is 58.1 Å². The molecule has 0 amide bonds. The van der Waals surface area contributed by atoms with Crippen molar-refractivity contribution in [2.45, 2.75) is 46.7 Å². The lowest BCUT2D eigenvalue weighted by atomic mass is 10.2. The Morgan fingerprint density at radius 1 is 1.19 bits per heavy atom. The molecular weight excluding hydrogens is 455 g/mol. The van der Waals surface area contributed by atoms with Gasteiger partial charge in [0.2, 0.25) is 0 Å². The molecule has 0 saturated heterocycles. The normalized spacial score (nSPS) is 12.3. The van der Waals surface area contributed by atoms with E-state index in [2.05, 4.69) is 54.3 Å². The number of benzene rings is 1. The Labute approximate surface area is 182 Å². The van der Waals surface area contributed by atoms with Crippen molar-refractivity contribution in [1.29, 1.82) is 0 Å². The number of aliphatic imine (C=N–C) groups is 1. The van der Waals surface area contributed by atoms with Crippen LogP contribution in [0.25, 0.3) is 0 Å². The Bertz CT molecular complexity index is 551. The fourth-order valence-corrected chi connectivity index (χ4v) is 2.48. The Hall–Kier alpha value is -1.22. The number of guanidine groups is 1. The van der Waals surface area contributed by atoms with Crippen molar-refractivity contribution in [3.05, 3.63) is 23.8 Å². The molecule has 1 aromatic rings. The minimum atomic E-state index is 0. The molecule has 0 heterocycles. The zero-order chi connectivity index (χ0) is 19.4. The Morgan fingerprint density at radius 2 is 1.89 bits per heavy atom. The first-order chi connectivity index (χ1) is 12.6. The highest BCUT2D eigenvalue weighted by Crippen LogP contribution is 2.28. The number of rotatable bonds is 11. The summed E-state index contributed by atoms with van der Waals surface area (Å²) in [4.78, 5) is 6.59. The number of likely N-dealkylation sites (N-methyl/N-ethyl adjacent to an activating group) is 1. The van der Waals surface area contributed by atoms with E-state index in [4.69, 9.17) is 9.47 Å². The summed E-state index contributed by atoms with van der Waals surface area (Å²) in [5, 5.41) is 6.69. The standard InChI is InChI=1S/C20H36N4O2.HI/c1-7-16(4)23-20(21-5)22-15-17-10-11-18(19(14-17)25-6)26-13-12-24(8-2)9-3;/h10-11,14,16H,7-9,12-13,15H2,1-6H3,(H2,21,22,23);1H. The third-order valence-electron chi connectivity index (χ3n) is 4.47. The highest BCUT2D eigenvalue weighted by molar-refractivity contribution is 14.0. The molecule has 1 atom stereocenters. The second-order valence-corrected chi connectivity index (χ2v) is 6.24. The maximum atomic E-state index is 5.91. The van der Waals surface area contributed by atoms with Crippen molar-refractivity contribution in [1.82, 2.24) is 15.5 Å². The molecular formula is C20H37IN4O2. The molecule has 0 fully saturated rings. The fourth-order valence-electron chi connectivity index (χ4n) is 2.48. The van der Waals surface area contributed by atoms with E-state index < -0.39 is 0 Å². The van der Waals surface area contributed by atoms with Crippen LogP contribution in [0.15, 0.2) is 23.2 Å². The number of hydrogen-bond donors (Lipinski definition) is 2. The SMILES string of the molecule is CCC(C)NC(=NC)NCc1ccc(OCCN(CC)CC)c(OC)c1.I. The summed E-state index contributed by atoms with van der Waals surface area (Å²) in [5.41, 5.74) is 1.12. The first-order valence-corrected chi connectivity index (χ1v) is 9.57. The average Bonchev–Trinajstić information content (AvgIpc) is 2.68. The second kappa shape index (κ2) is 14.8. The third-order valence-corrected chi connectivity index (χ3v) is 4.47. The van der Waals surface area contributed by atoms with Gasteiger partial charge in [-0.15, -0.1) is 24.0 Å². The van der Waals surface area contributed by atoms with Gasteiger partial charge in [-0.25, -0.2) is 0 Å². The van der Waals surface area contributed by atoms with Crippen LogP contribution in [0.4, 0.5) is 0 Å². The van der Waals surface area contributed by atoms with Crippen molar-refractivity contribution < 1.29 is 9.47 Å². The van der Waals surface area contributed by atoms with Crippen LogP contribution in [0.3, 0.4) is 0 Å². The van der Waals surface area contributed by atoms with E-state index in [1.165, 1.54) is 0 Å². The van der Waals surface area contributed by atoms with E-state index in [9.17, 15) is 0 Å². The molecule has 0 saturated carbocycles. The van der Waals surface area contributed by atoms with Crippen molar-refractivity contribution in [2.75, 3.05) is 40.4 Å². The first-order valence-electron chi connectivity index (χ1n) is 9.57. The van der Waals surface area contributed by atoms with Gasteiger partial charge in [0, 0.05) is 26.2 Å². The molecule has 7 heteroatoms. The van der Waals surface area contributed by atoms with Gasteiger partial charge in [0.1, 0.15) is 6.61 Å². The Balaban J connectivity index is 0.00000676. The molecule has 2 N–H and O–H groups in total. The van der Waals surface area contributed by atoms with Crippen LogP contribution >= 0.6 is 24.0 Å². The van der Waals surface area contributed by atoms with Gasteiger partial charge in [-0.2, -0.15) is 0 Å². The van der Waals surface area contributed by atoms with Crippen LogP contribution in [0.5, 0.6) is 11.5 Å². The molecule has 6 nitrogen and oxygen atoms in total. The van der Waals surface area contributed by atoms with E-state index in [-0.39, 0.29) is 24.0 Å². The zero-order valence-electron chi connectivity index (χ0n) is 17.7. The molecule has 1 aromatic carbocycles. The van der Waals surface area contributed by atoms with Crippen molar-refractivity contribution in [3.8, 4) is 11.5 Å². The lowest BCUT2D eigenvalue weighted by Gasteiger charge is -2.19. The molecule has 0 radical (unpaired) electrons. The molecule has 0 aliphatic heterocycles. The monoisotopic (exact) mass is 492 g/mol. The van der Waals surface area contributed by atoms with Gasteiger partial charge in [0.15, 0.2) is 17.5 Å². The van der Waals surface area contributed by atoms with Crippen molar-refractivity contribution >= 4 is 29.9 Å². The number of hydrogen-bond acceptors (Lipinski definition) is 4. The van der Waals surface area contributed by atoms with Crippen LogP contribution in [0, 0.1) is 0 Å². The van der Waals surface area contributed by atoms with Gasteiger partial charge >= 0.3 is 0 Å². The lowest BCUT2D eigenvalue weighted by molar-refractivity contribution is 0.217. The smallest absolute Gasteiger partial charge is 0.191 e. The minimum Gasteiger partial charge on any atom is -0.493 e. The van der Waals surface area contributed by atoms with Crippen LogP contribution in [-0.2, 0) is 6.54 Å². The molecule has 27 heavy (non-hydrogen) atoms. The van der Waals surface area contributed by atoms with E-state index >= 15 is 0 Å². The second-order valence-electron chi connectivity index (χ2n) is 6.24. The highest BCUT2D eigenvalue weighted by atomic mass is 127. The highest BCUT2D eigenvalue weighted by Gasteiger charge is 2.08. The third kappa shape index (κ3) is 9.51. The van der Waals surface area contributed by atoms with E-state index in [0.29, 0.717) is 19.2 Å². The van der Waals surface area contributed by atoms with E-state index in [1.807, 2.05) is 12.1 Å². The molecule has 0 aliphatic carbocycles. The maximum absolute atomic E-state index is 5.91. The Kier molecular flexibility index (Phi) is 14.1. The molecule has 0 bridgehead atoms. The van der Waals surface area contributed by atoms with Gasteiger partial charge in [-0.1, -0.05) is 26.8 Å². The van der Waals surface area contributed by atoms with Crippen molar-refractivity contribution in [3.63, 3.8) is 0 Å². The van der Waals surface area contributed by atoms with Gasteiger partial charge in [-0.3, -0.25) is 4.99 Å². The van der Waals surface area contributed by atoms with Gasteiger partial charge in [0.25, 0.3) is 0 Å². The number of ether oxygens (including phenoxy) is 2. The molecule has 1 rings (SSSR count). The van der Waals surface area contributed by atoms with E-state index in [0.717, 1.165) is 49.1 Å². The molecule has 0 spiro atoms. The molecule has 0 aromatic heterocycles. The summed E-state index contributed by atoms with van der Waals surface area (Å²) in [7, 11) is 3.46. The predicted octanol–water partition coefficient (Wildman–Crippen LogP) is 3.50. The summed E-state index contributed by atoms with van der Waals surface area (Å²) in [6.07, 6.45) is 1.05. The quantitative estimate of drug-likeness (QED) is 0.282. The Morgan fingerprint density at radius 3 is 2.44 bits per heavy atom. The fraction of sp³-hybridized carbons (Fsp3) is 0.650. The van der Waals surface area contributed by atoms with Gasteiger partial charge in [0.05, 0.1) is 7.11 Å². The van der Waals surface area contributed by atoms with Gasteiger partial charge < -0.3 is 25.0 Å². The molecule has 156 valence electrons. The van der Waals surface area contributed by atoms with Crippen LogP contribution in [0.1, 0.15) is 39.7 Å². The number of halogens is 1. The van der Waals surface area contributed by atoms with Crippen LogP contribution in [0.2, 0.25) is 0 Å². The van der Waals surface area contributed by atoms with E-state index in [1.54, 1.807) is 14.2 Å². The number of methoxy groups -OCH3 is 1. The summed E-state index contributed by atoms with van der Waals surface area (Å²) in [5.74, 6) is 2.34. The molecule has 0 aliphatic rings. The first kappa shape index (κ1) is 25.8. The summed E-state index contributed by atoms with van der Waals surface area (Å²) >= 11 is 0. The van der Waals surface area contributed by atoms with Crippen LogP contribution in [-0.4, -0.2) is 57.3 Å². The summed E-state index contributed by atoms with van der Waals surface area (Å²) < 4.78 is 11.4.